The topological polar surface area (TPSA) is 67.4 Å². The molecule has 0 radical (unpaired) electrons. The van der Waals surface area contributed by atoms with E-state index in [1.807, 2.05) is 42.5 Å². The fourth-order valence-electron chi connectivity index (χ4n) is 3.24. The molecule has 0 bridgehead atoms. The van der Waals surface area contributed by atoms with Crippen LogP contribution in [-0.4, -0.2) is 24.7 Å². The van der Waals surface area contributed by atoms with Gasteiger partial charge in [0.15, 0.2) is 0 Å². The second-order valence-electron chi connectivity index (χ2n) is 6.69. The highest BCUT2D eigenvalue weighted by molar-refractivity contribution is 8.00. The minimum Gasteiger partial charge on any atom is -0.496 e. The number of carbonyl (C=O) groups is 2. The normalized spacial score (nSPS) is 12.7. The van der Waals surface area contributed by atoms with Crippen molar-refractivity contribution >= 4 is 35.0 Å². The maximum atomic E-state index is 12.7. The number of thioether (sulfide) groups is 1. The number of nitrogens with one attached hydrogen (secondary N) is 2. The van der Waals surface area contributed by atoms with Crippen LogP contribution in [0, 0.1) is 0 Å². The third kappa shape index (κ3) is 4.43. The van der Waals surface area contributed by atoms with Gasteiger partial charge in [-0.3, -0.25) is 9.59 Å². The smallest absolute Gasteiger partial charge is 0.255 e. The van der Waals surface area contributed by atoms with E-state index in [0.717, 1.165) is 21.8 Å². The molecule has 1 aliphatic heterocycles. The van der Waals surface area contributed by atoms with E-state index < -0.39 is 0 Å². The molecule has 0 unspecified atom stereocenters. The van der Waals surface area contributed by atoms with Crippen molar-refractivity contribution in [3.05, 3.63) is 83.4 Å². The van der Waals surface area contributed by atoms with E-state index in [-0.39, 0.29) is 11.8 Å². The van der Waals surface area contributed by atoms with E-state index in [9.17, 15) is 9.59 Å². The third-order valence-corrected chi connectivity index (χ3v) is 5.72. The second-order valence-corrected chi connectivity index (χ2v) is 7.71. The predicted molar refractivity (Wildman–Crippen MR) is 116 cm³/mol. The van der Waals surface area contributed by atoms with Gasteiger partial charge in [0, 0.05) is 28.1 Å². The molecule has 0 atom stereocenters. The number of ether oxygens (including phenoxy) is 1. The molecule has 146 valence electrons. The molecular formula is C23H20N2O3S. The number of methoxy groups -OCH3 is 1. The van der Waals surface area contributed by atoms with Crippen molar-refractivity contribution in [2.24, 2.45) is 0 Å². The van der Waals surface area contributed by atoms with Gasteiger partial charge in [-0.05, 0) is 42.0 Å². The first-order valence-corrected chi connectivity index (χ1v) is 10.2. The number of carbonyl (C=O) groups excluding carboxylic acids is 2. The molecule has 1 aliphatic rings. The van der Waals surface area contributed by atoms with Gasteiger partial charge in [-0.1, -0.05) is 30.3 Å². The molecule has 0 spiro atoms. The molecule has 4 rings (SSSR count). The van der Waals surface area contributed by atoms with Crippen molar-refractivity contribution in [2.45, 2.75) is 11.3 Å². The van der Waals surface area contributed by atoms with Crippen LogP contribution < -0.4 is 15.4 Å². The number of benzene rings is 3. The lowest BCUT2D eigenvalue weighted by atomic mass is 10.0. The molecule has 2 N–H and O–H groups in total. The van der Waals surface area contributed by atoms with Crippen LogP contribution in [0.2, 0.25) is 0 Å². The zero-order valence-corrected chi connectivity index (χ0v) is 16.7. The van der Waals surface area contributed by atoms with Gasteiger partial charge in [0.2, 0.25) is 5.91 Å². The molecule has 1 heterocycles. The number of hydrogen-bond acceptors (Lipinski definition) is 4. The number of anilines is 2. The summed E-state index contributed by atoms with van der Waals surface area (Å²) >= 11 is 1.47. The third-order valence-electron chi connectivity index (χ3n) is 4.65. The Morgan fingerprint density at radius 2 is 1.93 bits per heavy atom. The van der Waals surface area contributed by atoms with E-state index in [2.05, 4.69) is 22.8 Å². The Kier molecular flexibility index (Phi) is 5.53. The fraction of sp³-hybridized carbons (Fsp3) is 0.130. The van der Waals surface area contributed by atoms with Crippen molar-refractivity contribution in [2.75, 3.05) is 23.5 Å². The standard InChI is InChI=1S/C23H20N2O3S/c1-28-20-9-8-18(12-17(20)11-15-5-3-2-4-6-15)24-23(27)16-7-10-21-19(13-16)25-22(26)14-29-21/h2-10,12-13H,11,14H2,1H3,(H,24,27)(H,25,26). The van der Waals surface area contributed by atoms with Crippen LogP contribution in [0.25, 0.3) is 0 Å². The molecule has 0 aliphatic carbocycles. The van der Waals surface area contributed by atoms with Gasteiger partial charge >= 0.3 is 0 Å². The minimum absolute atomic E-state index is 0.0548. The van der Waals surface area contributed by atoms with Crippen LogP contribution in [-0.2, 0) is 11.2 Å². The van der Waals surface area contributed by atoms with Crippen molar-refractivity contribution in [3.8, 4) is 5.75 Å². The number of amides is 2. The Labute approximate surface area is 173 Å². The van der Waals surface area contributed by atoms with Crippen LogP contribution >= 0.6 is 11.8 Å². The van der Waals surface area contributed by atoms with Gasteiger partial charge in [0.25, 0.3) is 5.91 Å². The Morgan fingerprint density at radius 3 is 2.72 bits per heavy atom. The summed E-state index contributed by atoms with van der Waals surface area (Å²) in [5.41, 5.74) is 4.02. The molecule has 0 fully saturated rings. The van der Waals surface area contributed by atoms with E-state index in [4.69, 9.17) is 4.74 Å². The molecule has 5 nitrogen and oxygen atoms in total. The molecule has 0 saturated carbocycles. The first-order valence-electron chi connectivity index (χ1n) is 9.21. The largest absolute Gasteiger partial charge is 0.496 e. The molecular weight excluding hydrogens is 384 g/mol. The number of rotatable bonds is 5. The molecule has 0 aromatic heterocycles. The van der Waals surface area contributed by atoms with E-state index in [1.165, 1.54) is 11.8 Å². The zero-order chi connectivity index (χ0) is 20.2. The SMILES string of the molecule is COc1ccc(NC(=O)c2ccc3c(c2)NC(=O)CS3)cc1Cc1ccccc1. The summed E-state index contributed by atoms with van der Waals surface area (Å²) < 4.78 is 5.48. The van der Waals surface area contributed by atoms with Crippen molar-refractivity contribution in [1.82, 2.24) is 0 Å². The molecule has 2 amide bonds. The Morgan fingerprint density at radius 1 is 1.10 bits per heavy atom. The van der Waals surface area contributed by atoms with Gasteiger partial charge in [0.05, 0.1) is 18.6 Å². The summed E-state index contributed by atoms with van der Waals surface area (Å²) in [5, 5.41) is 5.75. The molecule has 0 saturated heterocycles. The van der Waals surface area contributed by atoms with Crippen LogP contribution in [0.15, 0.2) is 71.6 Å². The summed E-state index contributed by atoms with van der Waals surface area (Å²) in [6, 6.07) is 21.1. The summed E-state index contributed by atoms with van der Waals surface area (Å²) in [6.45, 7) is 0. The Balaban J connectivity index is 1.54. The lowest BCUT2D eigenvalue weighted by molar-refractivity contribution is -0.113. The van der Waals surface area contributed by atoms with Crippen LogP contribution in [0.3, 0.4) is 0 Å². The average Bonchev–Trinajstić information content (AvgIpc) is 2.74. The van der Waals surface area contributed by atoms with Crippen molar-refractivity contribution < 1.29 is 14.3 Å². The van der Waals surface area contributed by atoms with Gasteiger partial charge in [-0.2, -0.15) is 0 Å². The predicted octanol–water partition coefficient (Wildman–Crippen LogP) is 4.58. The minimum atomic E-state index is -0.228. The maximum absolute atomic E-state index is 12.7. The molecule has 3 aromatic rings. The molecule has 3 aromatic carbocycles. The average molecular weight is 404 g/mol. The van der Waals surface area contributed by atoms with Crippen molar-refractivity contribution in [3.63, 3.8) is 0 Å². The summed E-state index contributed by atoms with van der Waals surface area (Å²) in [6.07, 6.45) is 0.704. The molecule has 29 heavy (non-hydrogen) atoms. The Hall–Kier alpha value is -3.25. The van der Waals surface area contributed by atoms with E-state index >= 15 is 0 Å². The van der Waals surface area contributed by atoms with Gasteiger partial charge < -0.3 is 15.4 Å². The quantitative estimate of drug-likeness (QED) is 0.653. The summed E-state index contributed by atoms with van der Waals surface area (Å²) in [7, 11) is 1.64. The van der Waals surface area contributed by atoms with Gasteiger partial charge in [-0.25, -0.2) is 0 Å². The maximum Gasteiger partial charge on any atom is 0.255 e. The van der Waals surface area contributed by atoms with Crippen molar-refractivity contribution in [1.29, 1.82) is 0 Å². The number of hydrogen-bond donors (Lipinski definition) is 2. The van der Waals surface area contributed by atoms with E-state index in [1.54, 1.807) is 19.2 Å². The van der Waals surface area contributed by atoms with Gasteiger partial charge in [0.1, 0.15) is 5.75 Å². The highest BCUT2D eigenvalue weighted by Crippen LogP contribution is 2.32. The van der Waals surface area contributed by atoms with Gasteiger partial charge in [-0.15, -0.1) is 11.8 Å². The van der Waals surface area contributed by atoms with Crippen LogP contribution in [0.1, 0.15) is 21.5 Å². The lowest BCUT2D eigenvalue weighted by Crippen LogP contribution is -2.20. The van der Waals surface area contributed by atoms with Crippen LogP contribution in [0.5, 0.6) is 5.75 Å². The molecule has 6 heteroatoms. The monoisotopic (exact) mass is 404 g/mol. The summed E-state index contributed by atoms with van der Waals surface area (Å²) in [4.78, 5) is 25.3. The highest BCUT2D eigenvalue weighted by Gasteiger charge is 2.17. The highest BCUT2D eigenvalue weighted by atomic mass is 32.2. The second kappa shape index (κ2) is 8.41. The zero-order valence-electron chi connectivity index (χ0n) is 15.9. The van der Waals surface area contributed by atoms with Crippen LogP contribution in [0.4, 0.5) is 11.4 Å². The first kappa shape index (κ1) is 19.1. The Bertz CT molecular complexity index is 1070. The summed E-state index contributed by atoms with van der Waals surface area (Å²) in [5.74, 6) is 0.892. The van der Waals surface area contributed by atoms with E-state index in [0.29, 0.717) is 29.1 Å². The first-order chi connectivity index (χ1) is 14.1. The lowest BCUT2D eigenvalue weighted by Gasteiger charge is -2.17. The number of fused-ring (bicyclic) bond motifs is 1. The fourth-order valence-corrected chi connectivity index (χ4v) is 4.03.